The smallest absolute Gasteiger partial charge is 0.159 e. The van der Waals surface area contributed by atoms with Gasteiger partial charge in [-0.2, -0.15) is 0 Å². The summed E-state index contributed by atoms with van der Waals surface area (Å²) in [5.41, 5.74) is 16.5. The van der Waals surface area contributed by atoms with Crippen molar-refractivity contribution in [3.8, 4) is 33.6 Å². The maximum Gasteiger partial charge on any atom is 0.159 e. The van der Waals surface area contributed by atoms with E-state index in [9.17, 15) is 0 Å². The molecule has 2 N–H and O–H groups in total. The first kappa shape index (κ1) is 42.6. The first-order valence-corrected chi connectivity index (χ1v) is 25.5. The van der Waals surface area contributed by atoms with Crippen molar-refractivity contribution in [2.24, 2.45) is 15.0 Å². The van der Waals surface area contributed by atoms with E-state index < -0.39 is 0 Å². The molecule has 5 heterocycles. The van der Waals surface area contributed by atoms with Crippen LogP contribution in [0.3, 0.4) is 0 Å². The van der Waals surface area contributed by atoms with Crippen LogP contribution < -0.4 is 10.6 Å². The molecule has 0 saturated carbocycles. The Balaban J connectivity index is 0.898. The molecule has 13 aromatic rings. The normalized spacial score (nSPS) is 14.7. The van der Waals surface area contributed by atoms with E-state index in [0.29, 0.717) is 23.9 Å². The van der Waals surface area contributed by atoms with Gasteiger partial charge in [0.1, 0.15) is 17.7 Å². The second kappa shape index (κ2) is 17.3. The largest absolute Gasteiger partial charge is 0.382 e. The summed E-state index contributed by atoms with van der Waals surface area (Å²) in [6.07, 6.45) is 1.62. The van der Waals surface area contributed by atoms with Gasteiger partial charge in [0, 0.05) is 55.5 Å². The van der Waals surface area contributed by atoms with E-state index in [1.54, 1.807) is 0 Å². The van der Waals surface area contributed by atoms with Crippen LogP contribution >= 0.6 is 0 Å². The fourth-order valence-corrected chi connectivity index (χ4v) is 11.5. The van der Waals surface area contributed by atoms with Gasteiger partial charge in [-0.15, -0.1) is 0 Å². The minimum atomic E-state index is -0.344. The first-order valence-electron chi connectivity index (χ1n) is 25.5. The summed E-state index contributed by atoms with van der Waals surface area (Å²) in [6.45, 7) is 0.519. The topological polar surface area (TPSA) is 75.9 Å². The number of aromatic nitrogens is 3. The Hall–Kier alpha value is -10.1. The van der Waals surface area contributed by atoms with E-state index in [-0.39, 0.29) is 6.17 Å². The molecule has 10 aromatic carbocycles. The van der Waals surface area contributed by atoms with Crippen LogP contribution in [0, 0.1) is 0 Å². The van der Waals surface area contributed by atoms with Gasteiger partial charge in [-0.1, -0.05) is 158 Å². The zero-order chi connectivity index (χ0) is 49.4. The van der Waals surface area contributed by atoms with Crippen LogP contribution in [0.1, 0.15) is 17.3 Å². The third kappa shape index (κ3) is 7.10. The standard InChI is InChI=1S/C67H46N8/c1-5-17-43(18-6-1)65-70-66(44-19-7-2-8-20-44)72-67(71-65)57-41-68-42-64(69-57)75-62-35-31-47(45-29-33-60-53(37-45)51-25-13-15-27-58(51)73(60)49-21-9-3-10-22-49)39-55(62)56-40-48(32-36-63(56)75)46-30-34-61-54(38-46)52-26-14-16-28-59(52)74(61)50-23-11-4-12-24-50/h1-41,65,68H,42H2,(H,70,71,72). The van der Waals surface area contributed by atoms with E-state index in [1.165, 1.54) is 43.6 Å². The average molecular weight is 963 g/mol. The minimum absolute atomic E-state index is 0.344. The highest BCUT2D eigenvalue weighted by atomic mass is 15.2. The van der Waals surface area contributed by atoms with Crippen LogP contribution in [-0.2, 0) is 0 Å². The van der Waals surface area contributed by atoms with Crippen LogP contribution in [0.15, 0.2) is 270 Å². The number of nitrogens with zero attached hydrogens (tertiary/aromatic N) is 6. The lowest BCUT2D eigenvalue weighted by molar-refractivity contribution is 0.672. The molecule has 8 nitrogen and oxygen atoms in total. The van der Waals surface area contributed by atoms with Crippen molar-refractivity contribution in [1.82, 2.24) is 24.3 Å². The van der Waals surface area contributed by atoms with Gasteiger partial charge in [-0.05, 0) is 113 Å². The van der Waals surface area contributed by atoms with E-state index in [0.717, 1.165) is 72.4 Å². The van der Waals surface area contributed by atoms with Gasteiger partial charge >= 0.3 is 0 Å². The number of fused-ring (bicyclic) bond motifs is 9. The summed E-state index contributed by atoms with van der Waals surface area (Å²) in [6, 6.07) is 86.9. The number of rotatable bonds is 7. The lowest BCUT2D eigenvalue weighted by Gasteiger charge is -2.25. The molecular formula is C67H46N8. The third-order valence-electron chi connectivity index (χ3n) is 14.9. The van der Waals surface area contributed by atoms with E-state index in [1.807, 2.05) is 42.6 Å². The van der Waals surface area contributed by atoms with Gasteiger partial charge in [0.05, 0.1) is 39.6 Å². The Kier molecular flexibility index (Phi) is 9.84. The van der Waals surface area contributed by atoms with E-state index in [2.05, 4.69) is 231 Å². The van der Waals surface area contributed by atoms with Crippen molar-refractivity contribution >= 4 is 82.9 Å². The van der Waals surface area contributed by atoms with Gasteiger partial charge in [-0.3, -0.25) is 4.57 Å². The maximum atomic E-state index is 5.47. The second-order valence-electron chi connectivity index (χ2n) is 19.3. The predicted octanol–water partition coefficient (Wildman–Crippen LogP) is 15.2. The van der Waals surface area contributed by atoms with Crippen LogP contribution in [0.5, 0.6) is 0 Å². The lowest BCUT2D eigenvalue weighted by Crippen LogP contribution is -2.37. The minimum Gasteiger partial charge on any atom is -0.382 e. The summed E-state index contributed by atoms with van der Waals surface area (Å²) in [5, 5.41) is 14.4. The average Bonchev–Trinajstić information content (AvgIpc) is 4.14. The lowest BCUT2D eigenvalue weighted by atomic mass is 9.98. The number of nitrogens with one attached hydrogen (secondary N) is 2. The molecule has 0 aliphatic carbocycles. The SMILES string of the molecule is C1=C(C2=NC(c3ccccc3)=NC(c3ccccc3)N2)N=C(n2c3ccc(-c4ccc5c(c4)c4ccccc4n5-c4ccccc4)cc3c3cc(-c4ccc5c(c4)c4ccccc4n5-c4ccccc4)ccc32)CN1. The van der Waals surface area contributed by atoms with Crippen LogP contribution in [0.2, 0.25) is 0 Å². The molecule has 2 aliphatic heterocycles. The molecule has 2 aliphatic rings. The van der Waals surface area contributed by atoms with E-state index in [4.69, 9.17) is 15.0 Å². The molecule has 0 bridgehead atoms. The summed E-state index contributed by atoms with van der Waals surface area (Å²) < 4.78 is 7.07. The van der Waals surface area contributed by atoms with Crippen molar-refractivity contribution < 1.29 is 0 Å². The van der Waals surface area contributed by atoms with Crippen molar-refractivity contribution in [1.29, 1.82) is 0 Å². The molecule has 0 amide bonds. The number of aliphatic imine (C=N–C) groups is 3. The molecule has 1 atom stereocenters. The Labute approximate surface area is 432 Å². The van der Waals surface area contributed by atoms with Crippen molar-refractivity contribution in [2.45, 2.75) is 6.17 Å². The number of para-hydroxylation sites is 4. The van der Waals surface area contributed by atoms with Gasteiger partial charge < -0.3 is 19.8 Å². The Morgan fingerprint density at radius 3 is 1.28 bits per heavy atom. The predicted molar refractivity (Wildman–Crippen MR) is 311 cm³/mol. The van der Waals surface area contributed by atoms with Crippen LogP contribution in [0.4, 0.5) is 0 Å². The zero-order valence-corrected chi connectivity index (χ0v) is 40.6. The summed E-state index contributed by atoms with van der Waals surface area (Å²) in [7, 11) is 0. The van der Waals surface area contributed by atoms with Crippen molar-refractivity contribution in [2.75, 3.05) is 6.54 Å². The Morgan fingerprint density at radius 1 is 0.360 bits per heavy atom. The number of benzene rings is 10. The summed E-state index contributed by atoms with van der Waals surface area (Å²) >= 11 is 0. The van der Waals surface area contributed by atoms with Gasteiger partial charge in [-0.25, -0.2) is 15.0 Å². The third-order valence-corrected chi connectivity index (χ3v) is 14.9. The van der Waals surface area contributed by atoms with Crippen molar-refractivity contribution in [3.63, 3.8) is 0 Å². The molecule has 0 saturated heterocycles. The van der Waals surface area contributed by atoms with Crippen LogP contribution in [-0.4, -0.2) is 37.8 Å². The molecule has 8 heteroatoms. The Morgan fingerprint density at radius 2 is 0.773 bits per heavy atom. The fourth-order valence-electron chi connectivity index (χ4n) is 11.5. The molecule has 15 rings (SSSR count). The van der Waals surface area contributed by atoms with Gasteiger partial charge in [0.25, 0.3) is 0 Å². The molecule has 75 heavy (non-hydrogen) atoms. The number of amidine groups is 2. The molecule has 0 fully saturated rings. The molecule has 3 aromatic heterocycles. The second-order valence-corrected chi connectivity index (χ2v) is 19.3. The van der Waals surface area contributed by atoms with Crippen molar-refractivity contribution in [3.05, 3.63) is 266 Å². The first-order chi connectivity index (χ1) is 37.2. The quantitative estimate of drug-likeness (QED) is 0.167. The highest BCUT2D eigenvalue weighted by molar-refractivity contribution is 6.19. The zero-order valence-electron chi connectivity index (χ0n) is 40.6. The highest BCUT2D eigenvalue weighted by Crippen LogP contribution is 2.40. The molecule has 0 spiro atoms. The number of hydrogen-bond acceptors (Lipinski definition) is 5. The monoisotopic (exact) mass is 962 g/mol. The van der Waals surface area contributed by atoms with E-state index >= 15 is 0 Å². The van der Waals surface area contributed by atoms with Gasteiger partial charge in [0.2, 0.25) is 0 Å². The summed E-state index contributed by atoms with van der Waals surface area (Å²) in [4.78, 5) is 15.7. The number of hydrogen-bond donors (Lipinski definition) is 2. The molecule has 1 unspecified atom stereocenters. The maximum absolute atomic E-state index is 5.47. The molecular weight excluding hydrogens is 917 g/mol. The van der Waals surface area contributed by atoms with Crippen LogP contribution in [0.25, 0.3) is 99.0 Å². The molecule has 0 radical (unpaired) electrons. The highest BCUT2D eigenvalue weighted by Gasteiger charge is 2.26. The fraction of sp³-hybridized carbons (Fsp3) is 0.0299. The Bertz CT molecular complexity index is 4320. The molecule has 354 valence electrons. The van der Waals surface area contributed by atoms with Gasteiger partial charge in [0.15, 0.2) is 11.7 Å². The summed E-state index contributed by atoms with van der Waals surface area (Å²) in [5.74, 6) is 2.17.